The topological polar surface area (TPSA) is 50.2 Å². The number of fused-ring (bicyclic) bond motifs is 1. The largest absolute Gasteiger partial charge is 0.350 e. The van der Waals surface area contributed by atoms with Gasteiger partial charge in [-0.2, -0.15) is 0 Å². The quantitative estimate of drug-likeness (QED) is 0.939. The normalized spacial score (nSPS) is 18.5. The van der Waals surface area contributed by atoms with Crippen LogP contribution in [0.2, 0.25) is 0 Å². The fourth-order valence-electron chi connectivity index (χ4n) is 2.55. The highest BCUT2D eigenvalue weighted by Crippen LogP contribution is 2.22. The van der Waals surface area contributed by atoms with Crippen LogP contribution in [0, 0.1) is 0 Å². The first kappa shape index (κ1) is 14.3. The predicted octanol–water partition coefficient (Wildman–Crippen LogP) is 1.92. The van der Waals surface area contributed by atoms with Gasteiger partial charge in [0.1, 0.15) is 11.5 Å². The van der Waals surface area contributed by atoms with Crippen molar-refractivity contribution < 1.29 is 4.79 Å². The van der Waals surface area contributed by atoms with Gasteiger partial charge in [-0.15, -0.1) is 11.3 Å². The van der Waals surface area contributed by atoms with Gasteiger partial charge in [0, 0.05) is 30.7 Å². The van der Waals surface area contributed by atoms with Gasteiger partial charge in [0.2, 0.25) is 0 Å². The SMILES string of the molecule is CC1c2nc(C(=O)NCCc3cccs3)cn2CCN1C. The maximum Gasteiger partial charge on any atom is 0.271 e. The molecule has 1 N–H and O–H groups in total. The highest BCUT2D eigenvalue weighted by Gasteiger charge is 2.24. The van der Waals surface area contributed by atoms with Gasteiger partial charge in [-0.1, -0.05) is 6.07 Å². The molecule has 112 valence electrons. The van der Waals surface area contributed by atoms with Gasteiger partial charge in [0.15, 0.2) is 0 Å². The van der Waals surface area contributed by atoms with Crippen LogP contribution in [-0.4, -0.2) is 40.5 Å². The molecule has 0 saturated carbocycles. The summed E-state index contributed by atoms with van der Waals surface area (Å²) in [6.07, 6.45) is 2.75. The number of amides is 1. The lowest BCUT2D eigenvalue weighted by molar-refractivity contribution is 0.0949. The molecule has 1 atom stereocenters. The fraction of sp³-hybridized carbons (Fsp3) is 0.467. The van der Waals surface area contributed by atoms with E-state index in [4.69, 9.17) is 0 Å². The fourth-order valence-corrected chi connectivity index (χ4v) is 3.26. The van der Waals surface area contributed by atoms with Crippen LogP contribution in [0.4, 0.5) is 0 Å². The van der Waals surface area contributed by atoms with Gasteiger partial charge in [0.05, 0.1) is 6.04 Å². The molecule has 2 aromatic rings. The average molecular weight is 304 g/mol. The molecule has 1 aliphatic heterocycles. The molecule has 21 heavy (non-hydrogen) atoms. The highest BCUT2D eigenvalue weighted by molar-refractivity contribution is 7.09. The Hall–Kier alpha value is -1.66. The number of nitrogens with one attached hydrogen (secondary N) is 1. The summed E-state index contributed by atoms with van der Waals surface area (Å²) in [7, 11) is 2.09. The van der Waals surface area contributed by atoms with Crippen molar-refractivity contribution in [2.45, 2.75) is 25.9 Å². The molecule has 3 rings (SSSR count). The Balaban J connectivity index is 1.62. The second kappa shape index (κ2) is 5.99. The Morgan fingerprint density at radius 2 is 2.38 bits per heavy atom. The van der Waals surface area contributed by atoms with Crippen LogP contribution in [0.1, 0.15) is 34.2 Å². The number of hydrogen-bond donors (Lipinski definition) is 1. The van der Waals surface area contributed by atoms with E-state index in [1.807, 2.05) is 12.3 Å². The highest BCUT2D eigenvalue weighted by atomic mass is 32.1. The van der Waals surface area contributed by atoms with Crippen molar-refractivity contribution in [1.29, 1.82) is 0 Å². The lowest BCUT2D eigenvalue weighted by Gasteiger charge is -2.29. The molecule has 1 unspecified atom stereocenters. The smallest absolute Gasteiger partial charge is 0.271 e. The minimum Gasteiger partial charge on any atom is -0.350 e. The van der Waals surface area contributed by atoms with Crippen LogP contribution >= 0.6 is 11.3 Å². The standard InChI is InChI=1S/C15H20N4OS/c1-11-14-17-13(10-19(14)8-7-18(11)2)15(20)16-6-5-12-4-3-9-21-12/h3-4,9-11H,5-8H2,1-2H3,(H,16,20). The van der Waals surface area contributed by atoms with Crippen LogP contribution in [0.5, 0.6) is 0 Å². The van der Waals surface area contributed by atoms with Crippen LogP contribution < -0.4 is 5.32 Å². The minimum atomic E-state index is -0.0803. The number of thiophene rings is 1. The van der Waals surface area contributed by atoms with Gasteiger partial charge >= 0.3 is 0 Å². The second-order valence-electron chi connectivity index (χ2n) is 5.42. The Morgan fingerprint density at radius 3 is 3.14 bits per heavy atom. The number of imidazole rings is 1. The molecule has 0 bridgehead atoms. The van der Waals surface area contributed by atoms with Crippen LogP contribution in [0.15, 0.2) is 23.7 Å². The van der Waals surface area contributed by atoms with E-state index in [-0.39, 0.29) is 11.9 Å². The summed E-state index contributed by atoms with van der Waals surface area (Å²) in [6, 6.07) is 4.37. The second-order valence-corrected chi connectivity index (χ2v) is 6.45. The summed E-state index contributed by atoms with van der Waals surface area (Å²) >= 11 is 1.72. The molecule has 0 radical (unpaired) electrons. The Bertz CT molecular complexity index is 620. The third-order valence-electron chi connectivity index (χ3n) is 4.01. The molecule has 5 nitrogen and oxygen atoms in total. The molecule has 0 aromatic carbocycles. The molecule has 0 fully saturated rings. The lowest BCUT2D eigenvalue weighted by atomic mass is 10.2. The molecular formula is C15H20N4OS. The zero-order valence-corrected chi connectivity index (χ0v) is 13.2. The van der Waals surface area contributed by atoms with Crippen molar-refractivity contribution in [3.8, 4) is 0 Å². The van der Waals surface area contributed by atoms with E-state index in [9.17, 15) is 4.79 Å². The molecule has 1 amide bonds. The number of carbonyl (C=O) groups excluding carboxylic acids is 1. The van der Waals surface area contributed by atoms with Crippen molar-refractivity contribution in [2.75, 3.05) is 20.1 Å². The molecule has 2 aromatic heterocycles. The first-order valence-corrected chi connectivity index (χ1v) is 8.11. The van der Waals surface area contributed by atoms with Gasteiger partial charge in [-0.3, -0.25) is 9.69 Å². The van der Waals surface area contributed by atoms with E-state index in [1.165, 1.54) is 4.88 Å². The average Bonchev–Trinajstić information content (AvgIpc) is 3.12. The van der Waals surface area contributed by atoms with Crippen LogP contribution in [0.25, 0.3) is 0 Å². The molecule has 0 aliphatic carbocycles. The van der Waals surface area contributed by atoms with E-state index in [2.05, 4.69) is 45.2 Å². The molecule has 0 spiro atoms. The van der Waals surface area contributed by atoms with Crippen LogP contribution in [0.3, 0.4) is 0 Å². The predicted molar refractivity (Wildman–Crippen MR) is 83.6 cm³/mol. The first-order chi connectivity index (χ1) is 10.1. The summed E-state index contributed by atoms with van der Waals surface area (Å²) in [5, 5.41) is 5.00. The maximum absolute atomic E-state index is 12.2. The number of hydrogen-bond acceptors (Lipinski definition) is 4. The Morgan fingerprint density at radius 1 is 1.52 bits per heavy atom. The van der Waals surface area contributed by atoms with E-state index < -0.39 is 0 Å². The lowest BCUT2D eigenvalue weighted by Crippen LogP contribution is -2.33. The van der Waals surface area contributed by atoms with Crippen molar-refractivity contribution in [1.82, 2.24) is 19.8 Å². The summed E-state index contributed by atoms with van der Waals surface area (Å²) in [5.74, 6) is 0.899. The number of likely N-dealkylation sites (N-methyl/N-ethyl adjacent to an activating group) is 1. The third-order valence-corrected chi connectivity index (χ3v) is 4.94. The van der Waals surface area contributed by atoms with Gasteiger partial charge in [0.25, 0.3) is 5.91 Å². The van der Waals surface area contributed by atoms with Crippen molar-refractivity contribution >= 4 is 17.2 Å². The van der Waals surface area contributed by atoms with E-state index in [0.29, 0.717) is 12.2 Å². The number of carbonyl (C=O) groups is 1. The molecular weight excluding hydrogens is 284 g/mol. The number of rotatable bonds is 4. The first-order valence-electron chi connectivity index (χ1n) is 7.23. The Labute approximate surface area is 128 Å². The molecule has 1 aliphatic rings. The van der Waals surface area contributed by atoms with Gasteiger partial charge in [-0.25, -0.2) is 4.98 Å². The number of aromatic nitrogens is 2. The summed E-state index contributed by atoms with van der Waals surface area (Å²) < 4.78 is 2.10. The van der Waals surface area contributed by atoms with E-state index in [0.717, 1.165) is 25.3 Å². The van der Waals surface area contributed by atoms with Crippen LogP contribution in [-0.2, 0) is 13.0 Å². The van der Waals surface area contributed by atoms with Crippen molar-refractivity contribution in [2.24, 2.45) is 0 Å². The van der Waals surface area contributed by atoms with Crippen molar-refractivity contribution in [3.63, 3.8) is 0 Å². The maximum atomic E-state index is 12.2. The van der Waals surface area contributed by atoms with E-state index in [1.54, 1.807) is 11.3 Å². The van der Waals surface area contributed by atoms with Gasteiger partial charge < -0.3 is 9.88 Å². The minimum absolute atomic E-state index is 0.0803. The monoisotopic (exact) mass is 304 g/mol. The summed E-state index contributed by atoms with van der Waals surface area (Å²) in [6.45, 7) is 4.66. The molecule has 3 heterocycles. The number of nitrogens with zero attached hydrogens (tertiary/aromatic N) is 3. The summed E-state index contributed by atoms with van der Waals surface area (Å²) in [4.78, 5) is 20.2. The van der Waals surface area contributed by atoms with Gasteiger partial charge in [-0.05, 0) is 31.8 Å². The zero-order chi connectivity index (χ0) is 14.8. The molecule has 0 saturated heterocycles. The zero-order valence-electron chi connectivity index (χ0n) is 12.4. The third kappa shape index (κ3) is 3.01. The van der Waals surface area contributed by atoms with E-state index >= 15 is 0 Å². The van der Waals surface area contributed by atoms with Crippen molar-refractivity contribution in [3.05, 3.63) is 40.1 Å². The summed E-state index contributed by atoms with van der Waals surface area (Å²) in [5.41, 5.74) is 0.526. The molecule has 6 heteroatoms. The Kier molecular flexibility index (Phi) is 4.07.